The van der Waals surface area contributed by atoms with Crippen LogP contribution in [0.5, 0.6) is 11.5 Å². The van der Waals surface area contributed by atoms with Crippen molar-refractivity contribution in [3.8, 4) is 11.5 Å². The highest BCUT2D eigenvalue weighted by molar-refractivity contribution is 5.98. The molecule has 0 aromatic heterocycles. The van der Waals surface area contributed by atoms with Crippen molar-refractivity contribution in [3.63, 3.8) is 0 Å². The summed E-state index contributed by atoms with van der Waals surface area (Å²) in [6.07, 6.45) is -1.11. The molecule has 2 rings (SSSR count). The molecule has 126 valence electrons. The van der Waals surface area contributed by atoms with Crippen LogP contribution in [0, 0.1) is 5.82 Å². The van der Waals surface area contributed by atoms with Crippen LogP contribution in [-0.4, -0.2) is 30.2 Å². The third-order valence-corrected chi connectivity index (χ3v) is 3.19. The number of amides is 1. The number of hydrogen-bond acceptors (Lipinski definition) is 5. The molecule has 0 unspecified atom stereocenters. The number of phenols is 1. The lowest BCUT2D eigenvalue weighted by Crippen LogP contribution is -2.30. The molecule has 2 aromatic rings. The van der Waals surface area contributed by atoms with Gasteiger partial charge in [0, 0.05) is 11.8 Å². The van der Waals surface area contributed by atoms with Gasteiger partial charge in [-0.3, -0.25) is 4.79 Å². The molecule has 2 aromatic carbocycles. The number of methoxy groups -OCH3 is 1. The molecule has 0 saturated carbocycles. The van der Waals surface area contributed by atoms with E-state index in [0.717, 1.165) is 0 Å². The van der Waals surface area contributed by atoms with Crippen LogP contribution in [0.25, 0.3) is 0 Å². The standard InChI is InChI=1S/C17H16FNO5/c1-10(16(21)19-12-5-3-11(18)4-6-12)24-17(22)14-8-7-13(23-2)9-15(14)20/h3-10,20H,1-2H3,(H,19,21)/t10-/m1/s1. The molecule has 0 spiro atoms. The van der Waals surface area contributed by atoms with E-state index in [1.165, 1.54) is 56.5 Å². The molecule has 0 aliphatic carbocycles. The largest absolute Gasteiger partial charge is 0.507 e. The number of benzene rings is 2. The molecule has 0 heterocycles. The Labute approximate surface area is 137 Å². The molecule has 1 atom stereocenters. The number of carbonyl (C=O) groups excluding carboxylic acids is 2. The molecular weight excluding hydrogens is 317 g/mol. The smallest absolute Gasteiger partial charge is 0.342 e. The van der Waals surface area contributed by atoms with E-state index in [2.05, 4.69) is 5.32 Å². The Kier molecular flexibility index (Phi) is 5.36. The van der Waals surface area contributed by atoms with Gasteiger partial charge in [0.2, 0.25) is 0 Å². The summed E-state index contributed by atoms with van der Waals surface area (Å²) < 4.78 is 22.8. The van der Waals surface area contributed by atoms with Gasteiger partial charge in [-0.05, 0) is 43.3 Å². The summed E-state index contributed by atoms with van der Waals surface area (Å²) in [5, 5.41) is 12.3. The van der Waals surface area contributed by atoms with Crippen LogP contribution < -0.4 is 10.1 Å². The minimum Gasteiger partial charge on any atom is -0.507 e. The fourth-order valence-electron chi connectivity index (χ4n) is 1.87. The maximum Gasteiger partial charge on any atom is 0.342 e. The van der Waals surface area contributed by atoms with Gasteiger partial charge in [0.1, 0.15) is 22.9 Å². The van der Waals surface area contributed by atoms with Gasteiger partial charge in [-0.25, -0.2) is 9.18 Å². The Morgan fingerprint density at radius 2 is 1.83 bits per heavy atom. The zero-order chi connectivity index (χ0) is 17.7. The normalized spacial score (nSPS) is 11.5. The molecular formula is C17H16FNO5. The third-order valence-electron chi connectivity index (χ3n) is 3.19. The predicted octanol–water partition coefficient (Wildman–Crippen LogP) is 2.72. The van der Waals surface area contributed by atoms with Crippen LogP contribution in [-0.2, 0) is 9.53 Å². The summed E-state index contributed by atoms with van der Waals surface area (Å²) >= 11 is 0. The first-order chi connectivity index (χ1) is 11.4. The van der Waals surface area contributed by atoms with Crippen molar-refractivity contribution in [2.45, 2.75) is 13.0 Å². The van der Waals surface area contributed by atoms with Gasteiger partial charge in [-0.1, -0.05) is 0 Å². The summed E-state index contributed by atoms with van der Waals surface area (Å²) in [4.78, 5) is 24.0. The summed E-state index contributed by atoms with van der Waals surface area (Å²) in [6.45, 7) is 1.39. The average Bonchev–Trinajstić information content (AvgIpc) is 2.56. The average molecular weight is 333 g/mol. The number of esters is 1. The molecule has 0 aliphatic rings. The van der Waals surface area contributed by atoms with Crippen LogP contribution in [0.4, 0.5) is 10.1 Å². The molecule has 2 N–H and O–H groups in total. The molecule has 0 bridgehead atoms. The second-order valence-corrected chi connectivity index (χ2v) is 4.93. The minimum atomic E-state index is -1.11. The molecule has 0 saturated heterocycles. The molecule has 0 aliphatic heterocycles. The van der Waals surface area contributed by atoms with Gasteiger partial charge in [-0.2, -0.15) is 0 Å². The zero-order valence-electron chi connectivity index (χ0n) is 13.1. The van der Waals surface area contributed by atoms with E-state index in [1.54, 1.807) is 0 Å². The molecule has 6 nitrogen and oxygen atoms in total. The van der Waals surface area contributed by atoms with Crippen molar-refractivity contribution >= 4 is 17.6 Å². The minimum absolute atomic E-state index is 0.0859. The van der Waals surface area contributed by atoms with Crippen LogP contribution >= 0.6 is 0 Å². The van der Waals surface area contributed by atoms with E-state index < -0.39 is 23.8 Å². The molecule has 0 fully saturated rings. The Hall–Kier alpha value is -3.09. The van der Waals surface area contributed by atoms with Gasteiger partial charge in [0.05, 0.1) is 7.11 Å². The van der Waals surface area contributed by atoms with Crippen molar-refractivity contribution in [3.05, 3.63) is 53.8 Å². The lowest BCUT2D eigenvalue weighted by Gasteiger charge is -2.14. The number of carbonyl (C=O) groups is 2. The maximum absolute atomic E-state index is 12.8. The van der Waals surface area contributed by atoms with E-state index >= 15 is 0 Å². The van der Waals surface area contributed by atoms with Crippen molar-refractivity contribution in [2.75, 3.05) is 12.4 Å². The van der Waals surface area contributed by atoms with E-state index in [4.69, 9.17) is 9.47 Å². The van der Waals surface area contributed by atoms with E-state index in [0.29, 0.717) is 11.4 Å². The lowest BCUT2D eigenvalue weighted by atomic mass is 10.2. The Bertz CT molecular complexity index is 745. The summed E-state index contributed by atoms with van der Waals surface area (Å²) in [5.74, 6) is -1.79. The van der Waals surface area contributed by atoms with Gasteiger partial charge in [0.15, 0.2) is 6.10 Å². The number of hydrogen-bond donors (Lipinski definition) is 2. The second-order valence-electron chi connectivity index (χ2n) is 4.93. The zero-order valence-corrected chi connectivity index (χ0v) is 13.1. The van der Waals surface area contributed by atoms with Crippen LogP contribution in [0.3, 0.4) is 0 Å². The van der Waals surface area contributed by atoms with Crippen LogP contribution in [0.15, 0.2) is 42.5 Å². The van der Waals surface area contributed by atoms with E-state index in [9.17, 15) is 19.1 Å². The number of aromatic hydroxyl groups is 1. The Morgan fingerprint density at radius 1 is 1.17 bits per heavy atom. The summed E-state index contributed by atoms with van der Waals surface area (Å²) in [5.41, 5.74) is 0.286. The first-order valence-corrected chi connectivity index (χ1v) is 7.05. The van der Waals surface area contributed by atoms with Crippen molar-refractivity contribution in [1.82, 2.24) is 0 Å². The van der Waals surface area contributed by atoms with E-state index in [1.807, 2.05) is 0 Å². The first kappa shape index (κ1) is 17.3. The number of ether oxygens (including phenoxy) is 2. The fourth-order valence-corrected chi connectivity index (χ4v) is 1.87. The first-order valence-electron chi connectivity index (χ1n) is 7.05. The Balaban J connectivity index is 2.00. The summed E-state index contributed by atoms with van der Waals surface area (Å²) in [7, 11) is 1.43. The number of phenolic OH excluding ortho intramolecular Hbond substituents is 1. The number of rotatable bonds is 5. The van der Waals surface area contributed by atoms with Gasteiger partial charge in [0.25, 0.3) is 5.91 Å². The van der Waals surface area contributed by atoms with E-state index in [-0.39, 0.29) is 11.3 Å². The molecule has 0 radical (unpaired) electrons. The number of anilines is 1. The highest BCUT2D eigenvalue weighted by Crippen LogP contribution is 2.24. The quantitative estimate of drug-likeness (QED) is 0.822. The van der Waals surface area contributed by atoms with Crippen molar-refractivity contribution in [1.29, 1.82) is 0 Å². The van der Waals surface area contributed by atoms with Crippen molar-refractivity contribution in [2.24, 2.45) is 0 Å². The summed E-state index contributed by atoms with van der Waals surface area (Å²) in [6, 6.07) is 9.25. The van der Waals surface area contributed by atoms with Gasteiger partial charge in [-0.15, -0.1) is 0 Å². The van der Waals surface area contributed by atoms with Gasteiger partial charge >= 0.3 is 5.97 Å². The monoisotopic (exact) mass is 333 g/mol. The SMILES string of the molecule is COc1ccc(C(=O)O[C@H](C)C(=O)Nc2ccc(F)cc2)c(O)c1. The lowest BCUT2D eigenvalue weighted by molar-refractivity contribution is -0.123. The highest BCUT2D eigenvalue weighted by atomic mass is 19.1. The second kappa shape index (κ2) is 7.45. The third kappa shape index (κ3) is 4.22. The fraction of sp³-hybridized carbons (Fsp3) is 0.176. The molecule has 7 heteroatoms. The topological polar surface area (TPSA) is 84.9 Å². The number of nitrogens with one attached hydrogen (secondary N) is 1. The van der Waals surface area contributed by atoms with Gasteiger partial charge < -0.3 is 19.9 Å². The number of halogens is 1. The maximum atomic E-state index is 12.8. The van der Waals surface area contributed by atoms with Crippen molar-refractivity contribution < 1.29 is 28.6 Å². The van der Waals surface area contributed by atoms with Crippen LogP contribution in [0.1, 0.15) is 17.3 Å². The van der Waals surface area contributed by atoms with Crippen LogP contribution in [0.2, 0.25) is 0 Å². The molecule has 1 amide bonds. The predicted molar refractivity (Wildman–Crippen MR) is 84.6 cm³/mol. The molecule has 24 heavy (non-hydrogen) atoms. The highest BCUT2D eigenvalue weighted by Gasteiger charge is 2.21. The Morgan fingerprint density at radius 3 is 2.42 bits per heavy atom.